The van der Waals surface area contributed by atoms with Gasteiger partial charge in [0, 0.05) is 11.9 Å². The summed E-state index contributed by atoms with van der Waals surface area (Å²) in [4.78, 5) is 12.0. The minimum atomic E-state index is -0.0262. The molecule has 4 nitrogen and oxygen atoms in total. The predicted molar refractivity (Wildman–Crippen MR) is 80.7 cm³/mol. The van der Waals surface area contributed by atoms with E-state index < -0.39 is 0 Å². The second-order valence-electron chi connectivity index (χ2n) is 4.85. The highest BCUT2D eigenvalue weighted by Crippen LogP contribution is 2.27. The van der Waals surface area contributed by atoms with Crippen LogP contribution in [-0.2, 0) is 11.2 Å². The Labute approximate surface area is 125 Å². The number of benzene rings is 1. The third-order valence-corrected chi connectivity index (χ3v) is 3.79. The molecule has 0 fully saturated rings. The highest BCUT2D eigenvalue weighted by Gasteiger charge is 2.14. The van der Waals surface area contributed by atoms with Crippen LogP contribution in [0, 0.1) is 5.92 Å². The van der Waals surface area contributed by atoms with E-state index in [-0.39, 0.29) is 17.9 Å². The molecule has 0 saturated carbocycles. The molecule has 112 valence electrons. The van der Waals surface area contributed by atoms with Crippen molar-refractivity contribution >= 4 is 17.5 Å². The third-order valence-electron chi connectivity index (χ3n) is 3.30. The summed E-state index contributed by atoms with van der Waals surface area (Å²) in [5.41, 5.74) is 0.880. The van der Waals surface area contributed by atoms with E-state index in [9.17, 15) is 4.79 Å². The minimum absolute atomic E-state index is 0.0262. The van der Waals surface area contributed by atoms with Gasteiger partial charge in [-0.3, -0.25) is 4.79 Å². The number of rotatable bonds is 7. The van der Waals surface area contributed by atoms with Crippen LogP contribution in [0.1, 0.15) is 19.4 Å². The number of alkyl halides is 1. The lowest BCUT2D eigenvalue weighted by Gasteiger charge is -2.19. The van der Waals surface area contributed by atoms with Gasteiger partial charge in [0.05, 0.1) is 20.6 Å². The fourth-order valence-electron chi connectivity index (χ4n) is 1.76. The molecule has 0 bridgehead atoms. The molecule has 0 heterocycles. The number of hydrogen-bond acceptors (Lipinski definition) is 3. The second kappa shape index (κ2) is 8.00. The van der Waals surface area contributed by atoms with E-state index >= 15 is 0 Å². The predicted octanol–water partition coefficient (Wildman–Crippen LogP) is 2.63. The second-order valence-corrected chi connectivity index (χ2v) is 5.16. The summed E-state index contributed by atoms with van der Waals surface area (Å²) in [6.45, 7) is 3.97. The molecule has 20 heavy (non-hydrogen) atoms. The summed E-state index contributed by atoms with van der Waals surface area (Å²) >= 11 is 5.78. The topological polar surface area (TPSA) is 47.6 Å². The average Bonchev–Trinajstić information content (AvgIpc) is 2.45. The number of hydrogen-bond donors (Lipinski definition) is 1. The Balaban J connectivity index is 2.66. The Hall–Kier alpha value is -1.42. The summed E-state index contributed by atoms with van der Waals surface area (Å²) in [6.07, 6.45) is 0.305. The van der Waals surface area contributed by atoms with Crippen LogP contribution < -0.4 is 14.8 Å². The zero-order valence-corrected chi connectivity index (χ0v) is 13.2. The monoisotopic (exact) mass is 299 g/mol. The van der Waals surface area contributed by atoms with E-state index in [1.54, 1.807) is 20.3 Å². The Morgan fingerprint density at radius 2 is 1.90 bits per heavy atom. The molecular weight excluding hydrogens is 278 g/mol. The Kier molecular flexibility index (Phi) is 6.65. The standard InChI is InChI=1S/C15H22ClNO3/c1-10(9-16)11(2)17-15(18)8-12-5-6-13(19-3)14(7-12)20-4/h5-7,10-11H,8-9H2,1-4H3,(H,17,18). The van der Waals surface area contributed by atoms with Crippen LogP contribution in [0.15, 0.2) is 18.2 Å². The first-order chi connectivity index (χ1) is 9.51. The lowest BCUT2D eigenvalue weighted by Crippen LogP contribution is -2.38. The van der Waals surface area contributed by atoms with Gasteiger partial charge in [-0.2, -0.15) is 0 Å². The van der Waals surface area contributed by atoms with E-state index in [4.69, 9.17) is 21.1 Å². The summed E-state index contributed by atoms with van der Waals surface area (Å²) in [7, 11) is 3.16. The maximum absolute atomic E-state index is 12.0. The molecule has 0 saturated heterocycles. The molecule has 5 heteroatoms. The van der Waals surface area contributed by atoms with Crippen LogP contribution in [0.25, 0.3) is 0 Å². The van der Waals surface area contributed by atoms with Crippen molar-refractivity contribution < 1.29 is 14.3 Å². The molecule has 1 aromatic carbocycles. The molecular formula is C15H22ClNO3. The van der Waals surface area contributed by atoms with Crippen molar-refractivity contribution in [2.45, 2.75) is 26.3 Å². The molecule has 1 N–H and O–H groups in total. The van der Waals surface area contributed by atoms with Crippen molar-refractivity contribution in [2.75, 3.05) is 20.1 Å². The van der Waals surface area contributed by atoms with Gasteiger partial charge in [-0.15, -0.1) is 11.6 Å². The lowest BCUT2D eigenvalue weighted by molar-refractivity contribution is -0.121. The minimum Gasteiger partial charge on any atom is -0.493 e. The van der Waals surface area contributed by atoms with Gasteiger partial charge in [0.2, 0.25) is 5.91 Å². The molecule has 0 spiro atoms. The quantitative estimate of drug-likeness (QED) is 0.787. The van der Waals surface area contributed by atoms with Crippen LogP contribution in [0.3, 0.4) is 0 Å². The zero-order valence-electron chi connectivity index (χ0n) is 12.4. The summed E-state index contributed by atoms with van der Waals surface area (Å²) < 4.78 is 10.4. The SMILES string of the molecule is COc1ccc(CC(=O)NC(C)C(C)CCl)cc1OC. The van der Waals surface area contributed by atoms with E-state index in [0.29, 0.717) is 23.8 Å². The first-order valence-corrected chi connectivity index (χ1v) is 7.11. The number of ether oxygens (including phenoxy) is 2. The smallest absolute Gasteiger partial charge is 0.224 e. The molecule has 0 aliphatic rings. The highest BCUT2D eigenvalue weighted by molar-refractivity contribution is 6.18. The van der Waals surface area contributed by atoms with Crippen molar-refractivity contribution in [3.8, 4) is 11.5 Å². The Morgan fingerprint density at radius 1 is 1.25 bits per heavy atom. The van der Waals surface area contributed by atoms with E-state index in [1.165, 1.54) is 0 Å². The first-order valence-electron chi connectivity index (χ1n) is 6.58. The average molecular weight is 300 g/mol. The number of methoxy groups -OCH3 is 2. The van der Waals surface area contributed by atoms with Gasteiger partial charge in [0.15, 0.2) is 11.5 Å². The summed E-state index contributed by atoms with van der Waals surface area (Å²) in [5.74, 6) is 2.02. The van der Waals surface area contributed by atoms with Gasteiger partial charge in [0.1, 0.15) is 0 Å². The molecule has 1 amide bonds. The number of carbonyl (C=O) groups excluding carboxylic acids is 1. The van der Waals surface area contributed by atoms with Crippen LogP contribution >= 0.6 is 11.6 Å². The van der Waals surface area contributed by atoms with Crippen molar-refractivity contribution in [3.05, 3.63) is 23.8 Å². The number of nitrogens with one attached hydrogen (secondary N) is 1. The van der Waals surface area contributed by atoms with E-state index in [2.05, 4.69) is 5.32 Å². The van der Waals surface area contributed by atoms with Crippen molar-refractivity contribution in [2.24, 2.45) is 5.92 Å². The molecule has 2 unspecified atom stereocenters. The largest absolute Gasteiger partial charge is 0.493 e. The van der Waals surface area contributed by atoms with Gasteiger partial charge < -0.3 is 14.8 Å². The van der Waals surface area contributed by atoms with Crippen molar-refractivity contribution in [3.63, 3.8) is 0 Å². The molecule has 2 atom stereocenters. The van der Waals surface area contributed by atoms with Gasteiger partial charge >= 0.3 is 0 Å². The maximum atomic E-state index is 12.0. The van der Waals surface area contributed by atoms with Crippen LogP contribution in [0.5, 0.6) is 11.5 Å². The molecule has 0 aliphatic carbocycles. The highest BCUT2D eigenvalue weighted by atomic mass is 35.5. The number of halogens is 1. The molecule has 1 rings (SSSR count). The fourth-order valence-corrected chi connectivity index (χ4v) is 2.02. The van der Waals surface area contributed by atoms with E-state index in [1.807, 2.05) is 26.0 Å². The van der Waals surface area contributed by atoms with Crippen LogP contribution in [-0.4, -0.2) is 32.0 Å². The van der Waals surface area contributed by atoms with Crippen molar-refractivity contribution in [1.29, 1.82) is 0 Å². The molecule has 0 radical (unpaired) electrons. The number of carbonyl (C=O) groups is 1. The zero-order chi connectivity index (χ0) is 15.1. The summed E-state index contributed by atoms with van der Waals surface area (Å²) in [6, 6.07) is 5.52. The normalized spacial score (nSPS) is 13.4. The van der Waals surface area contributed by atoms with Gasteiger partial charge in [-0.1, -0.05) is 13.0 Å². The van der Waals surface area contributed by atoms with E-state index in [0.717, 1.165) is 5.56 Å². The third kappa shape index (κ3) is 4.60. The molecule has 0 aliphatic heterocycles. The summed E-state index contributed by atoms with van der Waals surface area (Å²) in [5, 5.41) is 2.95. The Bertz CT molecular complexity index is 451. The van der Waals surface area contributed by atoms with Crippen LogP contribution in [0.2, 0.25) is 0 Å². The van der Waals surface area contributed by atoms with Gasteiger partial charge in [-0.25, -0.2) is 0 Å². The van der Waals surface area contributed by atoms with Gasteiger partial charge in [-0.05, 0) is 30.5 Å². The maximum Gasteiger partial charge on any atom is 0.224 e. The Morgan fingerprint density at radius 3 is 2.45 bits per heavy atom. The number of amides is 1. The van der Waals surface area contributed by atoms with Crippen molar-refractivity contribution in [1.82, 2.24) is 5.32 Å². The fraction of sp³-hybridized carbons (Fsp3) is 0.533. The van der Waals surface area contributed by atoms with Gasteiger partial charge in [0.25, 0.3) is 0 Å². The first kappa shape index (κ1) is 16.6. The van der Waals surface area contributed by atoms with Crippen LogP contribution in [0.4, 0.5) is 0 Å². The lowest BCUT2D eigenvalue weighted by atomic mass is 10.1. The molecule has 0 aromatic heterocycles. The molecule has 1 aromatic rings.